The Bertz CT molecular complexity index is 572. The van der Waals surface area contributed by atoms with E-state index >= 15 is 0 Å². The molecule has 0 saturated heterocycles. The number of aliphatic hydroxyl groups excluding tert-OH is 1. The number of aliphatic hydroxyl groups is 1. The molecule has 0 bridgehead atoms. The predicted octanol–water partition coefficient (Wildman–Crippen LogP) is 4.23. The van der Waals surface area contributed by atoms with Gasteiger partial charge >= 0.3 is 0 Å². The Morgan fingerprint density at radius 1 is 1.21 bits per heavy atom. The first-order chi connectivity index (χ1) is 9.11. The molecule has 0 spiro atoms. The van der Waals surface area contributed by atoms with E-state index in [9.17, 15) is 5.11 Å². The number of aryl methyl sites for hydroxylation is 1. The normalized spacial score (nSPS) is 12.4. The van der Waals surface area contributed by atoms with Crippen molar-refractivity contribution in [1.82, 2.24) is 4.98 Å². The van der Waals surface area contributed by atoms with Crippen molar-refractivity contribution in [1.29, 1.82) is 0 Å². The van der Waals surface area contributed by atoms with E-state index in [2.05, 4.69) is 4.98 Å². The van der Waals surface area contributed by atoms with Gasteiger partial charge in [0.05, 0.1) is 15.7 Å². The highest BCUT2D eigenvalue weighted by Gasteiger charge is 2.14. The van der Waals surface area contributed by atoms with Gasteiger partial charge in [0.15, 0.2) is 0 Å². The molecule has 1 heterocycles. The molecule has 2 nitrogen and oxygen atoms in total. The van der Waals surface area contributed by atoms with Gasteiger partial charge in [0.2, 0.25) is 0 Å². The molecule has 0 fully saturated rings. The topological polar surface area (TPSA) is 33.1 Å². The quantitative estimate of drug-likeness (QED) is 0.916. The summed E-state index contributed by atoms with van der Waals surface area (Å²) in [7, 11) is 0. The third-order valence-corrected chi connectivity index (χ3v) is 3.77. The summed E-state index contributed by atoms with van der Waals surface area (Å²) in [5.41, 5.74) is 2.74. The molecule has 0 saturated carbocycles. The number of hydrogen-bond acceptors (Lipinski definition) is 2. The molecule has 4 heteroatoms. The van der Waals surface area contributed by atoms with E-state index in [0.717, 1.165) is 23.2 Å². The minimum absolute atomic E-state index is 0.473. The van der Waals surface area contributed by atoms with Crippen LogP contribution in [-0.2, 0) is 12.8 Å². The molecule has 0 radical (unpaired) electrons. The van der Waals surface area contributed by atoms with Crippen LogP contribution in [-0.4, -0.2) is 10.1 Å². The maximum atomic E-state index is 10.3. The Kier molecular flexibility index (Phi) is 4.81. The van der Waals surface area contributed by atoms with Crippen LogP contribution in [0.4, 0.5) is 0 Å². The van der Waals surface area contributed by atoms with E-state index in [1.807, 2.05) is 25.1 Å². The van der Waals surface area contributed by atoms with Crippen molar-refractivity contribution in [2.45, 2.75) is 25.9 Å². The van der Waals surface area contributed by atoms with Crippen molar-refractivity contribution in [2.24, 2.45) is 0 Å². The van der Waals surface area contributed by atoms with Gasteiger partial charge in [-0.3, -0.25) is 4.98 Å². The molecule has 2 rings (SSSR count). The summed E-state index contributed by atoms with van der Waals surface area (Å²) >= 11 is 11.8. The van der Waals surface area contributed by atoms with Crippen molar-refractivity contribution in [2.75, 3.05) is 0 Å². The minimum Gasteiger partial charge on any atom is -0.386 e. The molecular weight excluding hydrogens is 281 g/mol. The Balaban J connectivity index is 2.20. The second-order valence-electron chi connectivity index (χ2n) is 4.37. The zero-order valence-electron chi connectivity index (χ0n) is 10.6. The molecule has 19 heavy (non-hydrogen) atoms. The molecule has 1 aromatic heterocycles. The summed E-state index contributed by atoms with van der Waals surface area (Å²) in [6.45, 7) is 2.05. The first-order valence-electron chi connectivity index (χ1n) is 6.17. The van der Waals surface area contributed by atoms with Crippen LogP contribution in [0.3, 0.4) is 0 Å². The van der Waals surface area contributed by atoms with Gasteiger partial charge in [0, 0.05) is 12.6 Å². The zero-order chi connectivity index (χ0) is 13.8. The number of pyridine rings is 1. The Morgan fingerprint density at radius 2 is 2.00 bits per heavy atom. The summed E-state index contributed by atoms with van der Waals surface area (Å²) in [5, 5.41) is 11.3. The molecule has 1 N–H and O–H groups in total. The lowest BCUT2D eigenvalue weighted by Gasteiger charge is -2.14. The molecule has 100 valence electrons. The second kappa shape index (κ2) is 6.38. The van der Waals surface area contributed by atoms with E-state index in [1.165, 1.54) is 0 Å². The number of aromatic nitrogens is 1. The van der Waals surface area contributed by atoms with Crippen molar-refractivity contribution < 1.29 is 5.11 Å². The fourth-order valence-electron chi connectivity index (χ4n) is 2.04. The smallest absolute Gasteiger partial charge is 0.100 e. The van der Waals surface area contributed by atoms with Gasteiger partial charge in [-0.2, -0.15) is 0 Å². The highest BCUT2D eigenvalue weighted by atomic mass is 35.5. The number of hydrogen-bond donors (Lipinski definition) is 1. The van der Waals surface area contributed by atoms with Crippen LogP contribution in [0.1, 0.15) is 29.8 Å². The third-order valence-electron chi connectivity index (χ3n) is 3.04. The summed E-state index contributed by atoms with van der Waals surface area (Å²) in [5.74, 6) is 0. The van der Waals surface area contributed by atoms with E-state index in [4.69, 9.17) is 23.2 Å². The van der Waals surface area contributed by atoms with Gasteiger partial charge < -0.3 is 5.11 Å². The number of nitrogens with zero attached hydrogens (tertiary/aromatic N) is 1. The molecule has 2 aromatic rings. The van der Waals surface area contributed by atoms with Crippen LogP contribution in [0.25, 0.3) is 0 Å². The largest absolute Gasteiger partial charge is 0.386 e. The Labute approximate surface area is 123 Å². The maximum Gasteiger partial charge on any atom is 0.100 e. The van der Waals surface area contributed by atoms with Gasteiger partial charge in [0.1, 0.15) is 6.10 Å². The van der Waals surface area contributed by atoms with E-state index in [-0.39, 0.29) is 0 Å². The molecular formula is C15H15Cl2NO. The number of rotatable bonds is 4. The lowest BCUT2D eigenvalue weighted by atomic mass is 10.0. The minimum atomic E-state index is -0.631. The third kappa shape index (κ3) is 3.47. The molecule has 0 aliphatic heterocycles. The molecule has 1 atom stereocenters. The van der Waals surface area contributed by atoms with Crippen molar-refractivity contribution in [3.8, 4) is 0 Å². The summed E-state index contributed by atoms with van der Waals surface area (Å²) < 4.78 is 0. The summed E-state index contributed by atoms with van der Waals surface area (Å²) in [6, 6.07) is 9.26. The predicted molar refractivity (Wildman–Crippen MR) is 78.7 cm³/mol. The van der Waals surface area contributed by atoms with Crippen LogP contribution in [0.5, 0.6) is 0 Å². The van der Waals surface area contributed by atoms with Gasteiger partial charge in [-0.15, -0.1) is 0 Å². The van der Waals surface area contributed by atoms with Crippen molar-refractivity contribution in [3.63, 3.8) is 0 Å². The average molecular weight is 296 g/mol. The average Bonchev–Trinajstić information content (AvgIpc) is 2.43. The second-order valence-corrected chi connectivity index (χ2v) is 5.18. The molecule has 0 aliphatic carbocycles. The SMILES string of the molecule is CCc1cccnc1C(O)Cc1ccc(Cl)c(Cl)c1. The van der Waals surface area contributed by atoms with Gasteiger partial charge in [-0.1, -0.05) is 42.3 Å². The fourth-order valence-corrected chi connectivity index (χ4v) is 2.36. The van der Waals surface area contributed by atoms with Crippen LogP contribution >= 0.6 is 23.2 Å². The molecule has 1 unspecified atom stereocenters. The van der Waals surface area contributed by atoms with Crippen LogP contribution in [0.15, 0.2) is 36.5 Å². The standard InChI is InChI=1S/C15H15Cl2NO/c1-2-11-4-3-7-18-15(11)14(19)9-10-5-6-12(16)13(17)8-10/h3-8,14,19H,2,9H2,1H3. The summed E-state index contributed by atoms with van der Waals surface area (Å²) in [6.07, 6.45) is 2.39. The first-order valence-corrected chi connectivity index (χ1v) is 6.93. The lowest BCUT2D eigenvalue weighted by molar-refractivity contribution is 0.172. The number of halogens is 2. The van der Waals surface area contributed by atoms with Crippen molar-refractivity contribution in [3.05, 3.63) is 63.4 Å². The molecule has 0 aliphatic rings. The first kappa shape index (κ1) is 14.3. The van der Waals surface area contributed by atoms with Crippen LogP contribution < -0.4 is 0 Å². The van der Waals surface area contributed by atoms with Gasteiger partial charge in [-0.05, 0) is 35.7 Å². The van der Waals surface area contributed by atoms with Gasteiger partial charge in [0.25, 0.3) is 0 Å². The van der Waals surface area contributed by atoms with E-state index in [1.54, 1.807) is 18.3 Å². The fraction of sp³-hybridized carbons (Fsp3) is 0.267. The van der Waals surface area contributed by atoms with Gasteiger partial charge in [-0.25, -0.2) is 0 Å². The zero-order valence-corrected chi connectivity index (χ0v) is 12.1. The van der Waals surface area contributed by atoms with Crippen LogP contribution in [0.2, 0.25) is 10.0 Å². The lowest BCUT2D eigenvalue weighted by Crippen LogP contribution is -2.07. The summed E-state index contributed by atoms with van der Waals surface area (Å²) in [4.78, 5) is 4.28. The van der Waals surface area contributed by atoms with E-state index in [0.29, 0.717) is 16.5 Å². The Morgan fingerprint density at radius 3 is 2.68 bits per heavy atom. The highest BCUT2D eigenvalue weighted by molar-refractivity contribution is 6.42. The monoisotopic (exact) mass is 295 g/mol. The highest BCUT2D eigenvalue weighted by Crippen LogP contribution is 2.26. The van der Waals surface area contributed by atoms with E-state index < -0.39 is 6.10 Å². The molecule has 1 aromatic carbocycles. The maximum absolute atomic E-state index is 10.3. The van der Waals surface area contributed by atoms with Crippen molar-refractivity contribution >= 4 is 23.2 Å². The molecule has 0 amide bonds. The van der Waals surface area contributed by atoms with Crippen LogP contribution in [0, 0.1) is 0 Å². The number of benzene rings is 1. The Hall–Kier alpha value is -1.09.